The van der Waals surface area contributed by atoms with Crippen molar-refractivity contribution in [3.05, 3.63) is 0 Å². The summed E-state index contributed by atoms with van der Waals surface area (Å²) >= 11 is 1.66. The number of carbonyl (C=O) groups excluding carboxylic acids is 1. The summed E-state index contributed by atoms with van der Waals surface area (Å²) < 4.78 is 0. The zero-order valence-electron chi connectivity index (χ0n) is 10.7. The number of carbonyl (C=O) groups is 2. The number of rotatable bonds is 4. The Morgan fingerprint density at radius 3 is 2.35 bits per heavy atom. The Labute approximate surface area is 106 Å². The van der Waals surface area contributed by atoms with Crippen LogP contribution in [0.4, 0.5) is 0 Å². The highest BCUT2D eigenvalue weighted by Gasteiger charge is 2.45. The van der Waals surface area contributed by atoms with E-state index in [2.05, 4.69) is 10.6 Å². The van der Waals surface area contributed by atoms with Crippen molar-refractivity contribution in [2.75, 3.05) is 11.6 Å². The Bertz CT molecular complexity index is 323. The van der Waals surface area contributed by atoms with Crippen LogP contribution in [-0.2, 0) is 9.59 Å². The molecule has 1 unspecified atom stereocenters. The van der Waals surface area contributed by atoms with E-state index in [4.69, 9.17) is 0 Å². The van der Waals surface area contributed by atoms with Gasteiger partial charge >= 0.3 is 5.97 Å². The first kappa shape index (κ1) is 14.3. The van der Waals surface area contributed by atoms with Crippen LogP contribution in [0.25, 0.3) is 0 Å². The molecule has 0 aliphatic carbocycles. The van der Waals surface area contributed by atoms with Gasteiger partial charge in [0, 0.05) is 11.6 Å². The smallest absolute Gasteiger partial charge is 0.311 e. The van der Waals surface area contributed by atoms with Crippen molar-refractivity contribution in [1.82, 2.24) is 10.6 Å². The first-order valence-corrected chi connectivity index (χ1v) is 6.70. The Morgan fingerprint density at radius 1 is 1.35 bits per heavy atom. The van der Waals surface area contributed by atoms with E-state index in [1.807, 2.05) is 0 Å². The van der Waals surface area contributed by atoms with Gasteiger partial charge in [0.25, 0.3) is 0 Å². The van der Waals surface area contributed by atoms with E-state index >= 15 is 0 Å². The second kappa shape index (κ2) is 4.86. The van der Waals surface area contributed by atoms with Crippen molar-refractivity contribution in [3.63, 3.8) is 0 Å². The zero-order valence-corrected chi connectivity index (χ0v) is 11.5. The molecule has 1 fully saturated rings. The molecule has 0 bridgehead atoms. The van der Waals surface area contributed by atoms with Crippen LogP contribution in [0.1, 0.15) is 27.7 Å². The molecule has 1 rings (SSSR count). The second-order valence-corrected chi connectivity index (χ2v) is 6.35. The van der Waals surface area contributed by atoms with E-state index in [0.717, 1.165) is 11.6 Å². The highest BCUT2D eigenvalue weighted by molar-refractivity contribution is 7.99. The van der Waals surface area contributed by atoms with Crippen LogP contribution in [0.5, 0.6) is 0 Å². The molecule has 0 spiro atoms. The molecule has 0 saturated carbocycles. The van der Waals surface area contributed by atoms with Crippen molar-refractivity contribution in [2.24, 2.45) is 5.41 Å². The standard InChI is InChI=1S/C11H20N2O3S/c1-10(2,9(15)16)11(3,4)13-8(14)7-5-17-6-12-7/h7,12H,5-6H2,1-4H3,(H,13,14)(H,15,16). The maximum atomic E-state index is 12.0. The second-order valence-electron chi connectivity index (χ2n) is 5.32. The van der Waals surface area contributed by atoms with Crippen molar-refractivity contribution >= 4 is 23.6 Å². The number of nitrogens with one attached hydrogen (secondary N) is 2. The summed E-state index contributed by atoms with van der Waals surface area (Å²) in [5.41, 5.74) is -1.82. The fourth-order valence-corrected chi connectivity index (χ4v) is 2.32. The average molecular weight is 260 g/mol. The summed E-state index contributed by atoms with van der Waals surface area (Å²) in [7, 11) is 0. The van der Waals surface area contributed by atoms with Crippen molar-refractivity contribution in [2.45, 2.75) is 39.3 Å². The third-order valence-corrected chi connectivity index (χ3v) is 4.51. The lowest BCUT2D eigenvalue weighted by Gasteiger charge is -2.39. The number of carboxylic acid groups (broad SMARTS) is 1. The lowest BCUT2D eigenvalue weighted by atomic mass is 9.74. The highest BCUT2D eigenvalue weighted by atomic mass is 32.2. The molecular weight excluding hydrogens is 240 g/mol. The summed E-state index contributed by atoms with van der Waals surface area (Å²) in [4.78, 5) is 23.1. The zero-order chi connectivity index (χ0) is 13.3. The van der Waals surface area contributed by atoms with Gasteiger partial charge in [-0.15, -0.1) is 11.8 Å². The van der Waals surface area contributed by atoms with Crippen LogP contribution >= 0.6 is 11.8 Å². The van der Waals surface area contributed by atoms with Gasteiger partial charge in [0.15, 0.2) is 0 Å². The van der Waals surface area contributed by atoms with Crippen molar-refractivity contribution in [3.8, 4) is 0 Å². The summed E-state index contributed by atoms with van der Waals surface area (Å²) in [6, 6.07) is -0.219. The molecule has 5 nitrogen and oxygen atoms in total. The van der Waals surface area contributed by atoms with Gasteiger partial charge < -0.3 is 10.4 Å². The molecule has 17 heavy (non-hydrogen) atoms. The monoisotopic (exact) mass is 260 g/mol. The maximum absolute atomic E-state index is 12.0. The van der Waals surface area contributed by atoms with Gasteiger partial charge in [0.2, 0.25) is 5.91 Å². The minimum absolute atomic E-state index is 0.130. The number of aliphatic carboxylic acids is 1. The Hall–Kier alpha value is -0.750. The summed E-state index contributed by atoms with van der Waals surface area (Å²) in [5.74, 6) is 0.446. The molecule has 1 amide bonds. The van der Waals surface area contributed by atoms with E-state index in [0.29, 0.717) is 0 Å². The molecule has 0 aromatic rings. The molecule has 0 aromatic carbocycles. The van der Waals surface area contributed by atoms with Crippen LogP contribution in [0, 0.1) is 5.41 Å². The Kier molecular flexibility index (Phi) is 4.09. The molecule has 1 atom stereocenters. The number of hydrogen-bond acceptors (Lipinski definition) is 4. The molecule has 1 aliphatic heterocycles. The molecule has 6 heteroatoms. The molecule has 98 valence electrons. The van der Waals surface area contributed by atoms with Crippen molar-refractivity contribution < 1.29 is 14.7 Å². The topological polar surface area (TPSA) is 78.4 Å². The van der Waals surface area contributed by atoms with Gasteiger partial charge in [0.05, 0.1) is 17.0 Å². The minimum Gasteiger partial charge on any atom is -0.481 e. The number of carboxylic acids is 1. The molecule has 1 saturated heterocycles. The minimum atomic E-state index is -1.02. The van der Waals surface area contributed by atoms with Crippen LogP contribution in [-0.4, -0.2) is 40.2 Å². The highest BCUT2D eigenvalue weighted by Crippen LogP contribution is 2.30. The third kappa shape index (κ3) is 2.93. The van der Waals surface area contributed by atoms with E-state index in [-0.39, 0.29) is 11.9 Å². The van der Waals surface area contributed by atoms with E-state index in [1.165, 1.54) is 0 Å². The van der Waals surface area contributed by atoms with Crippen molar-refractivity contribution in [1.29, 1.82) is 0 Å². The fourth-order valence-electron chi connectivity index (χ4n) is 1.38. The first-order valence-electron chi connectivity index (χ1n) is 5.55. The third-order valence-electron chi connectivity index (χ3n) is 3.57. The van der Waals surface area contributed by atoms with Gasteiger partial charge in [-0.05, 0) is 27.7 Å². The van der Waals surface area contributed by atoms with Crippen LogP contribution in [0.3, 0.4) is 0 Å². The van der Waals surface area contributed by atoms with E-state index in [1.54, 1.807) is 39.5 Å². The van der Waals surface area contributed by atoms with Crippen LogP contribution in [0.15, 0.2) is 0 Å². The normalized spacial score (nSPS) is 21.3. The van der Waals surface area contributed by atoms with Gasteiger partial charge in [-0.2, -0.15) is 0 Å². The number of amides is 1. The predicted molar refractivity (Wildman–Crippen MR) is 67.9 cm³/mol. The van der Waals surface area contributed by atoms with Gasteiger partial charge in [-0.25, -0.2) is 0 Å². The average Bonchev–Trinajstić information content (AvgIpc) is 2.68. The van der Waals surface area contributed by atoms with E-state index < -0.39 is 16.9 Å². The largest absolute Gasteiger partial charge is 0.481 e. The van der Waals surface area contributed by atoms with Gasteiger partial charge in [-0.1, -0.05) is 0 Å². The van der Waals surface area contributed by atoms with Crippen LogP contribution in [0.2, 0.25) is 0 Å². The number of hydrogen-bond donors (Lipinski definition) is 3. The summed E-state index contributed by atoms with van der Waals surface area (Å²) in [6.07, 6.45) is 0. The summed E-state index contributed by atoms with van der Waals surface area (Å²) in [6.45, 7) is 6.71. The maximum Gasteiger partial charge on any atom is 0.311 e. The predicted octanol–water partition coefficient (Wildman–Crippen LogP) is 0.654. The molecule has 1 aliphatic rings. The summed E-state index contributed by atoms with van der Waals surface area (Å²) in [5, 5.41) is 15.1. The van der Waals surface area contributed by atoms with E-state index in [9.17, 15) is 14.7 Å². The van der Waals surface area contributed by atoms with Gasteiger partial charge in [0.1, 0.15) is 0 Å². The molecular formula is C11H20N2O3S. The fraction of sp³-hybridized carbons (Fsp3) is 0.818. The molecule has 3 N–H and O–H groups in total. The quantitative estimate of drug-likeness (QED) is 0.692. The molecule has 0 radical (unpaired) electrons. The Balaban J connectivity index is 2.71. The SMILES string of the molecule is CC(C)(NC(=O)C1CSCN1)C(C)(C)C(=O)O. The lowest BCUT2D eigenvalue weighted by Crippen LogP contribution is -2.60. The molecule has 0 aromatic heterocycles. The molecule has 1 heterocycles. The Morgan fingerprint density at radius 2 is 1.94 bits per heavy atom. The number of thioether (sulfide) groups is 1. The lowest BCUT2D eigenvalue weighted by molar-refractivity contribution is -0.151. The van der Waals surface area contributed by atoms with Crippen LogP contribution < -0.4 is 10.6 Å². The van der Waals surface area contributed by atoms with Gasteiger partial charge in [-0.3, -0.25) is 14.9 Å². The first-order chi connectivity index (χ1) is 7.68.